The van der Waals surface area contributed by atoms with Gasteiger partial charge in [0.05, 0.1) is 6.04 Å². The van der Waals surface area contributed by atoms with Crippen LogP contribution in [0.1, 0.15) is 79.1 Å². The average Bonchev–Trinajstić information content (AvgIpc) is 3.20. The number of pyridine rings is 1. The first kappa shape index (κ1) is 17.1. The zero-order chi connectivity index (χ0) is 19.1. The van der Waals surface area contributed by atoms with Gasteiger partial charge in [0.15, 0.2) is 0 Å². The molecule has 2 aliphatic rings. The molecule has 0 aliphatic heterocycles. The normalized spacial score (nSPS) is 17.9. The molecule has 8 heteroatoms. The highest BCUT2D eigenvalue weighted by Gasteiger charge is 2.27. The third-order valence-corrected chi connectivity index (χ3v) is 5.52. The molecule has 0 radical (unpaired) electrons. The van der Waals surface area contributed by atoms with Crippen molar-refractivity contribution in [3.05, 3.63) is 47.9 Å². The zero-order valence-corrected chi connectivity index (χ0v) is 15.7. The van der Waals surface area contributed by atoms with Crippen LogP contribution in [0.3, 0.4) is 0 Å². The molecule has 2 saturated carbocycles. The third kappa shape index (κ3) is 3.19. The largest absolute Gasteiger partial charge is 0.339 e. The van der Waals surface area contributed by atoms with Crippen LogP contribution < -0.4 is 5.32 Å². The number of hydrogen-bond donors (Lipinski definition) is 1. The molecular formula is C20H22N6O2. The molecule has 144 valence electrons. The van der Waals surface area contributed by atoms with Crippen LogP contribution in [0.2, 0.25) is 0 Å². The molecule has 0 spiro atoms. The lowest BCUT2D eigenvalue weighted by Gasteiger charge is -2.27. The minimum atomic E-state index is -0.400. The summed E-state index contributed by atoms with van der Waals surface area (Å²) in [7, 11) is 0. The predicted molar refractivity (Wildman–Crippen MR) is 101 cm³/mol. The van der Waals surface area contributed by atoms with Gasteiger partial charge in [-0.05, 0) is 57.2 Å². The SMILES string of the molecule is C[C@H](NC(=O)c1ccnn1C1CCC1)c1nc(-c2ccnc(C3CC3)c2)no1. The van der Waals surface area contributed by atoms with Gasteiger partial charge in [-0.25, -0.2) is 0 Å². The molecule has 0 bridgehead atoms. The van der Waals surface area contributed by atoms with Gasteiger partial charge < -0.3 is 9.84 Å². The molecule has 2 fully saturated rings. The Hall–Kier alpha value is -3.03. The van der Waals surface area contributed by atoms with Crippen LogP contribution >= 0.6 is 0 Å². The Bertz CT molecular complexity index is 1000. The van der Waals surface area contributed by atoms with Gasteiger partial charge in [-0.1, -0.05) is 5.16 Å². The highest BCUT2D eigenvalue weighted by molar-refractivity contribution is 5.92. The second kappa shape index (κ2) is 6.85. The van der Waals surface area contributed by atoms with Crippen molar-refractivity contribution in [2.24, 2.45) is 0 Å². The molecule has 1 amide bonds. The summed E-state index contributed by atoms with van der Waals surface area (Å²) in [5.74, 6) is 1.27. The maximum atomic E-state index is 12.7. The van der Waals surface area contributed by atoms with Crippen molar-refractivity contribution in [1.29, 1.82) is 0 Å². The standard InChI is InChI=1S/C20H22N6O2/c1-12(23-19(27)17-8-10-22-26(17)15-3-2-4-15)20-24-18(25-28-20)14-7-9-21-16(11-14)13-5-6-13/h7-13,15H,2-6H2,1H3,(H,23,27)/t12-/m0/s1. The van der Waals surface area contributed by atoms with Crippen LogP contribution in [-0.2, 0) is 0 Å². The third-order valence-electron chi connectivity index (χ3n) is 5.52. The van der Waals surface area contributed by atoms with Gasteiger partial charge in [0.1, 0.15) is 11.7 Å². The summed E-state index contributed by atoms with van der Waals surface area (Å²) in [6, 6.07) is 5.57. The molecular weight excluding hydrogens is 356 g/mol. The molecule has 3 aromatic rings. The molecule has 0 aromatic carbocycles. The Morgan fingerprint density at radius 2 is 2.11 bits per heavy atom. The summed E-state index contributed by atoms with van der Waals surface area (Å²) in [6.45, 7) is 1.83. The zero-order valence-electron chi connectivity index (χ0n) is 15.7. The van der Waals surface area contributed by atoms with E-state index in [2.05, 4.69) is 25.5 Å². The van der Waals surface area contributed by atoms with E-state index in [1.165, 1.54) is 19.3 Å². The molecule has 0 unspecified atom stereocenters. The highest BCUT2D eigenvalue weighted by Crippen LogP contribution is 2.39. The van der Waals surface area contributed by atoms with E-state index in [1.54, 1.807) is 18.5 Å². The van der Waals surface area contributed by atoms with Crippen molar-refractivity contribution in [2.45, 2.75) is 57.0 Å². The van der Waals surface area contributed by atoms with Crippen LogP contribution in [0.4, 0.5) is 0 Å². The fourth-order valence-electron chi connectivity index (χ4n) is 3.47. The Labute approximate surface area is 162 Å². The first-order valence-corrected chi connectivity index (χ1v) is 9.83. The number of amides is 1. The topological polar surface area (TPSA) is 98.7 Å². The first-order chi connectivity index (χ1) is 13.7. The maximum Gasteiger partial charge on any atom is 0.270 e. The summed E-state index contributed by atoms with van der Waals surface area (Å²) in [5, 5.41) is 11.3. The number of carbonyl (C=O) groups excluding carboxylic acids is 1. The lowest BCUT2D eigenvalue weighted by molar-refractivity contribution is 0.0914. The number of aromatic nitrogens is 5. The monoisotopic (exact) mass is 378 g/mol. The minimum absolute atomic E-state index is 0.184. The Balaban J connectivity index is 1.30. The number of hydrogen-bond acceptors (Lipinski definition) is 6. The van der Waals surface area contributed by atoms with Crippen molar-refractivity contribution in [3.63, 3.8) is 0 Å². The van der Waals surface area contributed by atoms with Gasteiger partial charge in [0.2, 0.25) is 11.7 Å². The summed E-state index contributed by atoms with van der Waals surface area (Å²) in [6.07, 6.45) is 9.15. The molecule has 3 heterocycles. The molecule has 0 saturated heterocycles. The highest BCUT2D eigenvalue weighted by atomic mass is 16.5. The van der Waals surface area contributed by atoms with E-state index in [1.807, 2.05) is 23.7 Å². The van der Waals surface area contributed by atoms with E-state index in [4.69, 9.17) is 4.52 Å². The Morgan fingerprint density at radius 1 is 1.25 bits per heavy atom. The van der Waals surface area contributed by atoms with E-state index in [0.29, 0.717) is 29.4 Å². The van der Waals surface area contributed by atoms with Crippen molar-refractivity contribution in [3.8, 4) is 11.4 Å². The average molecular weight is 378 g/mol. The second-order valence-electron chi connectivity index (χ2n) is 7.64. The van der Waals surface area contributed by atoms with Crippen LogP contribution in [0.5, 0.6) is 0 Å². The maximum absolute atomic E-state index is 12.7. The number of carbonyl (C=O) groups is 1. The Kier molecular flexibility index (Phi) is 4.18. The summed E-state index contributed by atoms with van der Waals surface area (Å²) in [5.41, 5.74) is 2.53. The van der Waals surface area contributed by atoms with Crippen LogP contribution in [0.25, 0.3) is 11.4 Å². The van der Waals surface area contributed by atoms with Crippen molar-refractivity contribution >= 4 is 5.91 Å². The lowest BCUT2D eigenvalue weighted by Crippen LogP contribution is -2.31. The molecule has 1 N–H and O–H groups in total. The number of nitrogens with one attached hydrogen (secondary N) is 1. The second-order valence-corrected chi connectivity index (χ2v) is 7.64. The van der Waals surface area contributed by atoms with E-state index in [9.17, 15) is 4.79 Å². The smallest absolute Gasteiger partial charge is 0.270 e. The fraction of sp³-hybridized carbons (Fsp3) is 0.450. The minimum Gasteiger partial charge on any atom is -0.339 e. The van der Waals surface area contributed by atoms with Crippen molar-refractivity contribution < 1.29 is 9.32 Å². The van der Waals surface area contributed by atoms with Gasteiger partial charge >= 0.3 is 0 Å². The predicted octanol–water partition coefficient (Wildman–Crippen LogP) is 3.42. The lowest BCUT2D eigenvalue weighted by atomic mass is 9.93. The van der Waals surface area contributed by atoms with Gasteiger partial charge in [-0.3, -0.25) is 14.5 Å². The molecule has 8 nitrogen and oxygen atoms in total. The van der Waals surface area contributed by atoms with Crippen molar-refractivity contribution in [2.75, 3.05) is 0 Å². The molecule has 28 heavy (non-hydrogen) atoms. The quantitative estimate of drug-likeness (QED) is 0.706. The fourth-order valence-corrected chi connectivity index (χ4v) is 3.47. The van der Waals surface area contributed by atoms with E-state index < -0.39 is 6.04 Å². The van der Waals surface area contributed by atoms with Gasteiger partial charge in [-0.2, -0.15) is 10.1 Å². The summed E-state index contributed by atoms with van der Waals surface area (Å²) >= 11 is 0. The van der Waals surface area contributed by atoms with E-state index in [-0.39, 0.29) is 5.91 Å². The number of rotatable bonds is 6. The van der Waals surface area contributed by atoms with Crippen LogP contribution in [-0.4, -0.2) is 30.8 Å². The first-order valence-electron chi connectivity index (χ1n) is 9.83. The summed E-state index contributed by atoms with van der Waals surface area (Å²) in [4.78, 5) is 21.6. The number of nitrogens with zero attached hydrogens (tertiary/aromatic N) is 5. The van der Waals surface area contributed by atoms with Gasteiger partial charge in [0.25, 0.3) is 5.91 Å². The summed E-state index contributed by atoms with van der Waals surface area (Å²) < 4.78 is 7.23. The van der Waals surface area contributed by atoms with Crippen LogP contribution in [0.15, 0.2) is 35.1 Å². The van der Waals surface area contributed by atoms with E-state index in [0.717, 1.165) is 24.1 Å². The molecule has 2 aliphatic carbocycles. The molecule has 3 aromatic heterocycles. The molecule has 5 rings (SSSR count). The van der Waals surface area contributed by atoms with Crippen LogP contribution in [0, 0.1) is 0 Å². The Morgan fingerprint density at radius 3 is 2.86 bits per heavy atom. The van der Waals surface area contributed by atoms with Crippen molar-refractivity contribution in [1.82, 2.24) is 30.2 Å². The van der Waals surface area contributed by atoms with E-state index >= 15 is 0 Å². The van der Waals surface area contributed by atoms with Gasteiger partial charge in [-0.15, -0.1) is 0 Å². The van der Waals surface area contributed by atoms with Gasteiger partial charge in [0, 0.05) is 29.6 Å². The molecule has 1 atom stereocenters.